The number of carbonyl (C=O) groups is 1. The first kappa shape index (κ1) is 24.3. The Labute approximate surface area is 167 Å². The lowest BCUT2D eigenvalue weighted by Gasteiger charge is -2.16. The number of ether oxygens (including phenoxy) is 1. The molecule has 4 N–H and O–H groups in total. The average molecular weight is 395 g/mol. The summed E-state index contributed by atoms with van der Waals surface area (Å²) in [6.07, 6.45) is 15.1. The monoisotopic (exact) mass is 394 g/mol. The van der Waals surface area contributed by atoms with Crippen LogP contribution in [0.2, 0.25) is 0 Å². The number of carboxylic acids is 1. The van der Waals surface area contributed by atoms with Gasteiger partial charge in [0.15, 0.2) is 0 Å². The Morgan fingerprint density at radius 1 is 1.11 bits per heavy atom. The standard InChI is InChI=1S/C22H34O6/c1-2-3-4-5-6-8-11-17(23)14-15-20-19(25)16-21(28-20)18(24)12-9-7-10-13-22(26)27/h3-4,6-9,14-15,17-21,23-25H,2,5,10-13,16H2,1H3,(H,26,27)/b4-3-,8-6-,9-7-,15-14+/t17-,18+,19-,20+,21+/m0/s1. The summed E-state index contributed by atoms with van der Waals surface area (Å²) in [5.74, 6) is -0.854. The third-order valence-electron chi connectivity index (χ3n) is 4.42. The molecule has 1 fully saturated rings. The summed E-state index contributed by atoms with van der Waals surface area (Å²) in [4.78, 5) is 10.4. The molecule has 28 heavy (non-hydrogen) atoms. The van der Waals surface area contributed by atoms with Crippen molar-refractivity contribution >= 4 is 5.97 Å². The summed E-state index contributed by atoms with van der Waals surface area (Å²) >= 11 is 0. The quantitative estimate of drug-likeness (QED) is 0.358. The third kappa shape index (κ3) is 10.6. The molecule has 0 aromatic carbocycles. The molecule has 158 valence electrons. The van der Waals surface area contributed by atoms with E-state index in [1.165, 1.54) is 0 Å². The predicted octanol–water partition coefficient (Wildman–Crippen LogP) is 2.90. The molecule has 0 unspecified atom stereocenters. The lowest BCUT2D eigenvalue weighted by molar-refractivity contribution is -0.136. The molecule has 1 rings (SSSR count). The van der Waals surface area contributed by atoms with Gasteiger partial charge in [0, 0.05) is 12.8 Å². The molecule has 0 bridgehead atoms. The molecule has 0 radical (unpaired) electrons. The molecule has 6 nitrogen and oxygen atoms in total. The number of aliphatic carboxylic acids is 1. The molecule has 0 aromatic rings. The Bertz CT molecular complexity index is 551. The van der Waals surface area contributed by atoms with Crippen LogP contribution in [0.3, 0.4) is 0 Å². The Morgan fingerprint density at radius 3 is 2.54 bits per heavy atom. The summed E-state index contributed by atoms with van der Waals surface area (Å²) in [6, 6.07) is 0. The number of carboxylic acid groups (broad SMARTS) is 1. The van der Waals surface area contributed by atoms with Crippen LogP contribution in [0.25, 0.3) is 0 Å². The van der Waals surface area contributed by atoms with Crippen molar-refractivity contribution in [2.75, 3.05) is 0 Å². The van der Waals surface area contributed by atoms with Crippen LogP contribution in [0.1, 0.15) is 51.9 Å². The molecule has 1 aliphatic heterocycles. The van der Waals surface area contributed by atoms with E-state index in [9.17, 15) is 20.1 Å². The SMILES string of the molecule is CC/C=C\C/C=C\C[C@H](O)/C=C/[C@H]1O[C@@H]([C@H](O)C/C=C\CCC(=O)O)C[C@@H]1O. The summed E-state index contributed by atoms with van der Waals surface area (Å²) in [6.45, 7) is 2.08. The van der Waals surface area contributed by atoms with E-state index < -0.39 is 36.5 Å². The number of hydrogen-bond acceptors (Lipinski definition) is 5. The molecule has 0 amide bonds. The second kappa shape index (κ2) is 14.3. The largest absolute Gasteiger partial charge is 0.481 e. The van der Waals surface area contributed by atoms with Gasteiger partial charge in [-0.2, -0.15) is 0 Å². The van der Waals surface area contributed by atoms with Crippen molar-refractivity contribution in [1.82, 2.24) is 0 Å². The van der Waals surface area contributed by atoms with Crippen LogP contribution in [0.5, 0.6) is 0 Å². The van der Waals surface area contributed by atoms with Crippen molar-refractivity contribution in [1.29, 1.82) is 0 Å². The van der Waals surface area contributed by atoms with Gasteiger partial charge >= 0.3 is 5.97 Å². The summed E-state index contributed by atoms with van der Waals surface area (Å²) in [5, 5.41) is 38.9. The van der Waals surface area contributed by atoms with E-state index in [0.717, 1.165) is 12.8 Å². The van der Waals surface area contributed by atoms with Gasteiger partial charge in [-0.05, 0) is 32.1 Å². The second-order valence-corrected chi connectivity index (χ2v) is 6.92. The van der Waals surface area contributed by atoms with Gasteiger partial charge in [0.05, 0.1) is 24.4 Å². The average Bonchev–Trinajstić information content (AvgIpc) is 3.03. The van der Waals surface area contributed by atoms with E-state index >= 15 is 0 Å². The highest BCUT2D eigenvalue weighted by atomic mass is 16.5. The van der Waals surface area contributed by atoms with E-state index in [4.69, 9.17) is 9.84 Å². The van der Waals surface area contributed by atoms with Crippen molar-refractivity contribution in [3.63, 3.8) is 0 Å². The van der Waals surface area contributed by atoms with Gasteiger partial charge in [-0.15, -0.1) is 0 Å². The Balaban J connectivity index is 2.34. The third-order valence-corrected chi connectivity index (χ3v) is 4.42. The maximum Gasteiger partial charge on any atom is 0.303 e. The van der Waals surface area contributed by atoms with E-state index in [0.29, 0.717) is 25.7 Å². The minimum atomic E-state index is -0.854. The highest BCUT2D eigenvalue weighted by Crippen LogP contribution is 2.25. The van der Waals surface area contributed by atoms with E-state index in [1.54, 1.807) is 24.3 Å². The zero-order chi connectivity index (χ0) is 20.8. The van der Waals surface area contributed by atoms with Crippen LogP contribution < -0.4 is 0 Å². The topological polar surface area (TPSA) is 107 Å². The Kier molecular flexibility index (Phi) is 12.4. The Hall–Kier alpha value is -1.73. The van der Waals surface area contributed by atoms with E-state index in [1.807, 2.05) is 12.2 Å². The summed E-state index contributed by atoms with van der Waals surface area (Å²) in [5.41, 5.74) is 0. The minimum absolute atomic E-state index is 0.0606. The second-order valence-electron chi connectivity index (χ2n) is 6.92. The number of aliphatic hydroxyl groups is 3. The fourth-order valence-corrected chi connectivity index (χ4v) is 2.84. The van der Waals surface area contributed by atoms with Crippen molar-refractivity contribution in [3.8, 4) is 0 Å². The maximum atomic E-state index is 10.4. The van der Waals surface area contributed by atoms with Crippen molar-refractivity contribution in [3.05, 3.63) is 48.6 Å². The smallest absolute Gasteiger partial charge is 0.303 e. The van der Waals surface area contributed by atoms with E-state index in [2.05, 4.69) is 19.1 Å². The first-order valence-electron chi connectivity index (χ1n) is 9.98. The predicted molar refractivity (Wildman–Crippen MR) is 109 cm³/mol. The van der Waals surface area contributed by atoms with Crippen molar-refractivity contribution in [2.45, 2.75) is 82.4 Å². The van der Waals surface area contributed by atoms with Crippen LogP contribution in [0, 0.1) is 0 Å². The van der Waals surface area contributed by atoms with Gasteiger partial charge in [0.25, 0.3) is 0 Å². The fraction of sp³-hybridized carbons (Fsp3) is 0.591. The number of rotatable bonds is 13. The van der Waals surface area contributed by atoms with Gasteiger partial charge in [-0.1, -0.05) is 55.5 Å². The molecule has 0 spiro atoms. The van der Waals surface area contributed by atoms with Crippen LogP contribution in [-0.2, 0) is 9.53 Å². The summed E-state index contributed by atoms with van der Waals surface area (Å²) in [7, 11) is 0. The molecular formula is C22H34O6. The molecule has 0 aromatic heterocycles. The number of hydrogen-bond donors (Lipinski definition) is 4. The summed E-state index contributed by atoms with van der Waals surface area (Å²) < 4.78 is 5.70. The fourth-order valence-electron chi connectivity index (χ4n) is 2.84. The van der Waals surface area contributed by atoms with Gasteiger partial charge in [-0.3, -0.25) is 4.79 Å². The van der Waals surface area contributed by atoms with Crippen molar-refractivity contribution < 1.29 is 30.0 Å². The zero-order valence-corrected chi connectivity index (χ0v) is 16.6. The molecular weight excluding hydrogens is 360 g/mol. The van der Waals surface area contributed by atoms with Gasteiger partial charge in [-0.25, -0.2) is 0 Å². The Morgan fingerprint density at radius 2 is 1.82 bits per heavy atom. The first-order valence-corrected chi connectivity index (χ1v) is 9.98. The molecule has 0 saturated carbocycles. The van der Waals surface area contributed by atoms with Crippen LogP contribution in [-0.4, -0.2) is 56.9 Å². The van der Waals surface area contributed by atoms with Crippen molar-refractivity contribution in [2.24, 2.45) is 0 Å². The number of aliphatic hydroxyl groups excluding tert-OH is 3. The minimum Gasteiger partial charge on any atom is -0.481 e. The lowest BCUT2D eigenvalue weighted by atomic mass is 10.0. The zero-order valence-electron chi connectivity index (χ0n) is 16.6. The number of allylic oxidation sites excluding steroid dienone is 4. The van der Waals surface area contributed by atoms with E-state index in [-0.39, 0.29) is 6.42 Å². The lowest BCUT2D eigenvalue weighted by Crippen LogP contribution is -2.25. The molecule has 0 aliphatic carbocycles. The van der Waals surface area contributed by atoms with Gasteiger partial charge in [0.1, 0.15) is 6.10 Å². The highest BCUT2D eigenvalue weighted by molar-refractivity contribution is 5.66. The molecule has 1 heterocycles. The van der Waals surface area contributed by atoms with Crippen LogP contribution >= 0.6 is 0 Å². The molecule has 5 atom stereocenters. The van der Waals surface area contributed by atoms with Crippen LogP contribution in [0.15, 0.2) is 48.6 Å². The molecule has 1 saturated heterocycles. The maximum absolute atomic E-state index is 10.4. The normalized spacial score (nSPS) is 25.5. The van der Waals surface area contributed by atoms with Gasteiger partial charge in [0.2, 0.25) is 0 Å². The highest BCUT2D eigenvalue weighted by Gasteiger charge is 2.35. The molecule has 1 aliphatic rings. The van der Waals surface area contributed by atoms with Gasteiger partial charge < -0.3 is 25.2 Å². The molecule has 6 heteroatoms. The van der Waals surface area contributed by atoms with Crippen LogP contribution in [0.4, 0.5) is 0 Å². The first-order chi connectivity index (χ1) is 13.4.